The van der Waals surface area contributed by atoms with Gasteiger partial charge >= 0.3 is 5.97 Å². The van der Waals surface area contributed by atoms with Gasteiger partial charge in [-0.05, 0) is 24.6 Å². The summed E-state index contributed by atoms with van der Waals surface area (Å²) in [6, 6.07) is 4.12. The summed E-state index contributed by atoms with van der Waals surface area (Å²) in [6.45, 7) is 2.59. The van der Waals surface area contributed by atoms with E-state index in [1.165, 1.54) is 88.8 Å². The first-order valence-electron chi connectivity index (χ1n) is 11.9. The third kappa shape index (κ3) is 8.09. The number of fused-ring (bicyclic) bond motifs is 1. The van der Waals surface area contributed by atoms with Crippen molar-refractivity contribution >= 4 is 17.8 Å². The van der Waals surface area contributed by atoms with E-state index in [9.17, 15) is 19.6 Å². The number of nitrogens with zero attached hydrogens (tertiary/aromatic N) is 1. The van der Waals surface area contributed by atoms with Crippen LogP contribution >= 0.6 is 0 Å². The highest BCUT2D eigenvalue weighted by molar-refractivity contribution is 6.20. The van der Waals surface area contributed by atoms with Gasteiger partial charge in [-0.15, -0.1) is 5.06 Å². The van der Waals surface area contributed by atoms with Crippen molar-refractivity contribution < 1.29 is 24.3 Å². The van der Waals surface area contributed by atoms with Gasteiger partial charge in [0, 0.05) is 0 Å². The zero-order valence-corrected chi connectivity index (χ0v) is 18.9. The van der Waals surface area contributed by atoms with E-state index in [1.54, 1.807) is 0 Å². The maximum atomic E-state index is 12.2. The average Bonchev–Trinajstić information content (AvgIpc) is 2.99. The van der Waals surface area contributed by atoms with Crippen molar-refractivity contribution in [2.75, 3.05) is 6.61 Å². The summed E-state index contributed by atoms with van der Waals surface area (Å²) in [5.41, 5.74) is 0.329. The fourth-order valence-electron chi connectivity index (χ4n) is 3.90. The molecule has 6 heteroatoms. The van der Waals surface area contributed by atoms with Crippen LogP contribution in [0.25, 0.3) is 0 Å². The van der Waals surface area contributed by atoms with Crippen molar-refractivity contribution in [2.45, 2.75) is 96.8 Å². The van der Waals surface area contributed by atoms with Gasteiger partial charge < -0.3 is 4.74 Å². The number of hydrogen-bond acceptors (Lipinski definition) is 5. The molecule has 0 fully saturated rings. The van der Waals surface area contributed by atoms with Crippen molar-refractivity contribution in [2.24, 2.45) is 0 Å². The lowest BCUT2D eigenvalue weighted by Crippen LogP contribution is -2.25. The van der Waals surface area contributed by atoms with Crippen molar-refractivity contribution in [3.63, 3.8) is 0 Å². The standard InChI is InChI=1S/C25H37NO5/c1-2-3-4-5-6-7-8-9-10-11-12-13-14-15-18-31-25(29)20-16-17-21-22(19-20)24(28)26(30)23(21)27/h16-17,19,30H,2-15,18H2,1H3. The molecule has 1 N–H and O–H groups in total. The summed E-state index contributed by atoms with van der Waals surface area (Å²) in [6.07, 6.45) is 17.7. The predicted octanol–water partition coefficient (Wildman–Crippen LogP) is 6.31. The number of unbranched alkanes of at least 4 members (excludes halogenated alkanes) is 13. The Morgan fingerprint density at radius 3 is 1.81 bits per heavy atom. The lowest BCUT2D eigenvalue weighted by Gasteiger charge is -2.06. The van der Waals surface area contributed by atoms with Gasteiger partial charge in [-0.1, -0.05) is 90.4 Å². The highest BCUT2D eigenvalue weighted by Gasteiger charge is 2.35. The quantitative estimate of drug-likeness (QED) is 0.143. The first-order chi connectivity index (χ1) is 15.1. The topological polar surface area (TPSA) is 83.9 Å². The first kappa shape index (κ1) is 25.1. The Hall–Kier alpha value is -2.21. The summed E-state index contributed by atoms with van der Waals surface area (Å²) >= 11 is 0. The summed E-state index contributed by atoms with van der Waals surface area (Å²) in [7, 11) is 0. The number of amides is 2. The summed E-state index contributed by atoms with van der Waals surface area (Å²) in [5, 5.41) is 9.45. The Morgan fingerprint density at radius 1 is 0.774 bits per heavy atom. The van der Waals surface area contributed by atoms with E-state index in [4.69, 9.17) is 4.74 Å². The zero-order chi connectivity index (χ0) is 22.5. The molecule has 0 spiro atoms. The molecule has 172 valence electrons. The molecule has 0 aromatic heterocycles. The maximum absolute atomic E-state index is 12.2. The largest absolute Gasteiger partial charge is 0.462 e. The molecular weight excluding hydrogens is 394 g/mol. The van der Waals surface area contributed by atoms with Crippen LogP contribution in [0.15, 0.2) is 18.2 Å². The molecular formula is C25H37NO5. The molecule has 31 heavy (non-hydrogen) atoms. The molecule has 2 rings (SSSR count). The lowest BCUT2D eigenvalue weighted by molar-refractivity contribution is -0.0327. The normalized spacial score (nSPS) is 13.0. The summed E-state index contributed by atoms with van der Waals surface area (Å²) < 4.78 is 5.27. The molecule has 2 amide bonds. The van der Waals surface area contributed by atoms with Crippen LogP contribution in [0.1, 0.15) is 128 Å². The van der Waals surface area contributed by atoms with Gasteiger partial charge in [0.1, 0.15) is 0 Å². The second kappa shape index (κ2) is 14.0. The van der Waals surface area contributed by atoms with Crippen LogP contribution in [0.4, 0.5) is 0 Å². The molecule has 0 saturated carbocycles. The van der Waals surface area contributed by atoms with Crippen molar-refractivity contribution in [1.29, 1.82) is 0 Å². The van der Waals surface area contributed by atoms with Gasteiger partial charge in [0.05, 0.1) is 23.3 Å². The Balaban J connectivity index is 1.47. The number of rotatable bonds is 16. The fraction of sp³-hybridized carbons (Fsp3) is 0.640. The van der Waals surface area contributed by atoms with Gasteiger partial charge in [-0.2, -0.15) is 0 Å². The Labute approximate surface area is 185 Å². The van der Waals surface area contributed by atoms with Crippen LogP contribution in [0.2, 0.25) is 0 Å². The van der Waals surface area contributed by atoms with Crippen LogP contribution < -0.4 is 0 Å². The minimum atomic E-state index is -0.818. The monoisotopic (exact) mass is 431 g/mol. The molecule has 1 aromatic carbocycles. The van der Waals surface area contributed by atoms with Crippen LogP contribution in [-0.4, -0.2) is 34.7 Å². The number of carbonyl (C=O) groups excluding carboxylic acids is 3. The number of esters is 1. The van der Waals surface area contributed by atoms with E-state index in [2.05, 4.69) is 6.92 Å². The molecule has 1 aliphatic rings. The third-order valence-electron chi connectivity index (χ3n) is 5.83. The molecule has 0 radical (unpaired) electrons. The van der Waals surface area contributed by atoms with Crippen LogP contribution in [0, 0.1) is 0 Å². The van der Waals surface area contributed by atoms with Gasteiger partial charge in [0.25, 0.3) is 11.8 Å². The number of carbonyl (C=O) groups is 3. The SMILES string of the molecule is CCCCCCCCCCCCCCCCOC(=O)c1ccc2c(c1)C(=O)N(O)C2=O. The number of hydroxylamine groups is 2. The maximum Gasteiger partial charge on any atom is 0.338 e. The molecule has 0 bridgehead atoms. The van der Waals surface area contributed by atoms with Gasteiger partial charge in [-0.3, -0.25) is 14.8 Å². The molecule has 0 aliphatic carbocycles. The van der Waals surface area contributed by atoms with Crippen LogP contribution in [0.3, 0.4) is 0 Å². The Bertz CT molecular complexity index is 731. The molecule has 0 unspecified atom stereocenters. The molecule has 6 nitrogen and oxygen atoms in total. The minimum Gasteiger partial charge on any atom is -0.462 e. The Morgan fingerprint density at radius 2 is 1.26 bits per heavy atom. The first-order valence-corrected chi connectivity index (χ1v) is 11.9. The lowest BCUT2D eigenvalue weighted by atomic mass is 10.0. The Kier molecular flexibility index (Phi) is 11.3. The van der Waals surface area contributed by atoms with E-state index >= 15 is 0 Å². The van der Waals surface area contributed by atoms with Crippen LogP contribution in [-0.2, 0) is 4.74 Å². The van der Waals surface area contributed by atoms with E-state index in [1.807, 2.05) is 0 Å². The van der Waals surface area contributed by atoms with Crippen molar-refractivity contribution in [1.82, 2.24) is 5.06 Å². The zero-order valence-electron chi connectivity index (χ0n) is 18.9. The number of imide groups is 1. The third-order valence-corrected chi connectivity index (χ3v) is 5.83. The predicted molar refractivity (Wildman–Crippen MR) is 119 cm³/mol. The highest BCUT2D eigenvalue weighted by atomic mass is 16.5. The highest BCUT2D eigenvalue weighted by Crippen LogP contribution is 2.23. The average molecular weight is 432 g/mol. The number of ether oxygens (including phenoxy) is 1. The van der Waals surface area contributed by atoms with Gasteiger partial charge in [-0.25, -0.2) is 4.79 Å². The number of benzene rings is 1. The molecule has 1 heterocycles. The summed E-state index contributed by atoms with van der Waals surface area (Å²) in [5.74, 6) is -2.11. The van der Waals surface area contributed by atoms with Crippen LogP contribution in [0.5, 0.6) is 0 Å². The van der Waals surface area contributed by atoms with E-state index in [0.29, 0.717) is 6.61 Å². The van der Waals surface area contributed by atoms with E-state index < -0.39 is 17.8 Å². The number of hydrogen-bond donors (Lipinski definition) is 1. The van der Waals surface area contributed by atoms with E-state index in [-0.39, 0.29) is 21.8 Å². The van der Waals surface area contributed by atoms with Crippen molar-refractivity contribution in [3.8, 4) is 0 Å². The van der Waals surface area contributed by atoms with E-state index in [0.717, 1.165) is 19.3 Å². The molecule has 0 atom stereocenters. The molecule has 0 saturated heterocycles. The second-order valence-electron chi connectivity index (χ2n) is 8.41. The summed E-state index contributed by atoms with van der Waals surface area (Å²) in [4.78, 5) is 35.6. The van der Waals surface area contributed by atoms with Crippen molar-refractivity contribution in [3.05, 3.63) is 34.9 Å². The second-order valence-corrected chi connectivity index (χ2v) is 8.41. The smallest absolute Gasteiger partial charge is 0.338 e. The minimum absolute atomic E-state index is 0.0263. The molecule has 1 aliphatic heterocycles. The van der Waals surface area contributed by atoms with Gasteiger partial charge in [0.15, 0.2) is 0 Å². The van der Waals surface area contributed by atoms with Gasteiger partial charge in [0.2, 0.25) is 0 Å². The fourth-order valence-corrected chi connectivity index (χ4v) is 3.90. The molecule has 1 aromatic rings.